The fraction of sp³-hybridized carbons (Fsp3) is 0.451. The van der Waals surface area contributed by atoms with Gasteiger partial charge >= 0.3 is 0 Å². The molecule has 6 aromatic rings. The summed E-state index contributed by atoms with van der Waals surface area (Å²) in [6.45, 7) is 29.9. The monoisotopic (exact) mass is 963 g/mol. The van der Waals surface area contributed by atoms with E-state index in [-0.39, 0.29) is 47.9 Å². The third-order valence-electron chi connectivity index (χ3n) is 12.5. The summed E-state index contributed by atoms with van der Waals surface area (Å²) in [7, 11) is 0. The Morgan fingerprint density at radius 3 is 2.11 bits per heavy atom. The summed E-state index contributed by atoms with van der Waals surface area (Å²) < 4.78 is 7.71. The van der Waals surface area contributed by atoms with E-state index in [4.69, 9.17) is 9.40 Å². The predicted molar refractivity (Wildman–Crippen MR) is 241 cm³/mol. The SMILES string of the molecule is CCC(C)(CC)C(=O)/C=C(\O)C(C)(CC)CC.Cc1oc2c(-c3ccc4sc(C)c(CC(C)C)c4c3)cc(-c3[c-]c4ccccc4c(C(C)(C)C)c3)nc2c1C.[Ir]. The summed E-state index contributed by atoms with van der Waals surface area (Å²) in [6.07, 6.45) is 5.84. The third-order valence-corrected chi connectivity index (χ3v) is 13.6. The first-order valence-corrected chi connectivity index (χ1v) is 21.5. The summed E-state index contributed by atoms with van der Waals surface area (Å²) in [5, 5.41) is 13.9. The van der Waals surface area contributed by atoms with Crippen LogP contribution >= 0.6 is 11.3 Å². The molecule has 6 heteroatoms. The van der Waals surface area contributed by atoms with Crippen molar-refractivity contribution in [3.05, 3.63) is 99.8 Å². The first-order chi connectivity index (χ1) is 26.3. The molecule has 1 N–H and O–H groups in total. The molecule has 3 heterocycles. The zero-order valence-corrected chi connectivity index (χ0v) is 40.1. The minimum absolute atomic E-state index is 0. The molecule has 0 aliphatic heterocycles. The van der Waals surface area contributed by atoms with Crippen LogP contribution in [0.25, 0.3) is 54.3 Å². The Balaban J connectivity index is 0.000000341. The van der Waals surface area contributed by atoms with Gasteiger partial charge in [0.25, 0.3) is 0 Å². The number of hydrogen-bond acceptors (Lipinski definition) is 5. The topological polar surface area (TPSA) is 63.3 Å². The smallest absolute Gasteiger partial charge is 0.164 e. The zero-order chi connectivity index (χ0) is 41.3. The second kappa shape index (κ2) is 18.1. The van der Waals surface area contributed by atoms with Crippen molar-refractivity contribution in [3.8, 4) is 22.4 Å². The number of benzene rings is 3. The van der Waals surface area contributed by atoms with E-state index in [1.54, 1.807) is 0 Å². The van der Waals surface area contributed by atoms with Crippen molar-refractivity contribution < 1.29 is 34.4 Å². The molecule has 0 amide bonds. The van der Waals surface area contributed by atoms with E-state index in [1.807, 2.05) is 59.8 Å². The number of ketones is 1. The number of nitrogens with zero attached hydrogens (tertiary/aromatic N) is 1. The molecule has 0 saturated heterocycles. The van der Waals surface area contributed by atoms with Crippen molar-refractivity contribution in [2.75, 3.05) is 0 Å². The van der Waals surface area contributed by atoms with E-state index in [0.717, 1.165) is 76.7 Å². The number of pyridine rings is 1. The molecule has 1 radical (unpaired) electrons. The zero-order valence-electron chi connectivity index (χ0n) is 36.8. The van der Waals surface area contributed by atoms with Crippen LogP contribution in [0, 0.1) is 43.6 Å². The van der Waals surface area contributed by atoms with Crippen molar-refractivity contribution in [1.82, 2.24) is 4.98 Å². The van der Waals surface area contributed by atoms with E-state index >= 15 is 0 Å². The first kappa shape index (κ1) is 46.1. The maximum atomic E-state index is 12.2. The molecule has 0 aliphatic rings. The fourth-order valence-corrected chi connectivity index (χ4v) is 8.49. The van der Waals surface area contributed by atoms with Gasteiger partial charge in [0, 0.05) is 63.4 Å². The van der Waals surface area contributed by atoms with Crippen LogP contribution in [0.5, 0.6) is 0 Å². The summed E-state index contributed by atoms with van der Waals surface area (Å²) >= 11 is 1.90. The average molecular weight is 963 g/mol. The number of aromatic nitrogens is 1. The maximum absolute atomic E-state index is 12.2. The van der Waals surface area contributed by atoms with Gasteiger partial charge in [0.05, 0.1) is 0 Å². The maximum Gasteiger partial charge on any atom is 0.164 e. The molecular formula is C51H64IrNO3S-. The molecule has 6 rings (SSSR count). The molecule has 0 spiro atoms. The molecular weight excluding hydrogens is 899 g/mol. The predicted octanol–water partition coefficient (Wildman–Crippen LogP) is 15.4. The largest absolute Gasteiger partial charge is 0.512 e. The molecule has 0 saturated carbocycles. The second-order valence-corrected chi connectivity index (χ2v) is 19.0. The van der Waals surface area contributed by atoms with Crippen molar-refractivity contribution in [3.63, 3.8) is 0 Å². The number of aliphatic hydroxyl groups excluding tert-OH is 1. The Morgan fingerprint density at radius 1 is 0.877 bits per heavy atom. The number of rotatable bonds is 11. The Kier molecular flexibility index (Phi) is 14.7. The second-order valence-electron chi connectivity index (χ2n) is 17.8. The summed E-state index contributed by atoms with van der Waals surface area (Å²) in [5.41, 5.74) is 9.28. The van der Waals surface area contributed by atoms with Crippen LogP contribution in [0.2, 0.25) is 0 Å². The Labute approximate surface area is 359 Å². The molecule has 0 unspecified atom stereocenters. The number of allylic oxidation sites excluding steroid dienone is 2. The summed E-state index contributed by atoms with van der Waals surface area (Å²) in [6, 6.07) is 23.6. The number of aryl methyl sites for hydroxylation is 3. The van der Waals surface area contributed by atoms with Gasteiger partial charge in [0.2, 0.25) is 0 Å². The molecule has 3 aromatic carbocycles. The number of aliphatic hydroxyl groups is 1. The van der Waals surface area contributed by atoms with Crippen molar-refractivity contribution >= 4 is 49.1 Å². The van der Waals surface area contributed by atoms with Crippen LogP contribution in [-0.2, 0) is 36.7 Å². The van der Waals surface area contributed by atoms with E-state index in [9.17, 15) is 9.90 Å². The number of carbonyl (C=O) groups is 1. The molecule has 3 aromatic heterocycles. The van der Waals surface area contributed by atoms with E-state index in [0.29, 0.717) is 5.92 Å². The Morgan fingerprint density at radius 2 is 1.51 bits per heavy atom. The van der Waals surface area contributed by atoms with Gasteiger partial charge in [-0.25, -0.2) is 0 Å². The molecule has 4 nitrogen and oxygen atoms in total. The average Bonchev–Trinajstić information content (AvgIpc) is 3.64. The van der Waals surface area contributed by atoms with Gasteiger partial charge in [0.1, 0.15) is 17.0 Å². The van der Waals surface area contributed by atoms with Crippen molar-refractivity contribution in [2.24, 2.45) is 16.7 Å². The molecule has 0 bridgehead atoms. The van der Waals surface area contributed by atoms with Crippen molar-refractivity contribution in [1.29, 1.82) is 0 Å². The van der Waals surface area contributed by atoms with E-state index in [2.05, 4.69) is 109 Å². The van der Waals surface area contributed by atoms with Gasteiger partial charge in [-0.3, -0.25) is 9.78 Å². The number of furan rings is 1. The molecule has 307 valence electrons. The van der Waals surface area contributed by atoms with E-state index < -0.39 is 0 Å². The minimum Gasteiger partial charge on any atom is -0.512 e. The Bertz CT molecular complexity index is 2400. The molecule has 0 atom stereocenters. The van der Waals surface area contributed by atoms with Crippen LogP contribution in [0.3, 0.4) is 0 Å². The van der Waals surface area contributed by atoms with Crippen LogP contribution in [0.1, 0.15) is 129 Å². The standard InChI is InChI=1S/C36H36NOS.C15H28O2.Ir/c1-20(2)15-28-23(5)39-33-14-13-25(17-30(28)33)29-19-32(37-34-21(3)22(4)38-35(29)34)26-16-24-11-9-10-12-27(24)31(18-26)36(6,7)8;1-7-14(5,8-2)12(16)11-13(17)15(6,9-3)10-4;/h9-14,17-20H,15H2,1-8H3;11,16H,7-10H2,1-6H3;/q-1;;/b;12-11-;. The quantitative estimate of drug-likeness (QED) is 0.0798. The fourth-order valence-electron chi connectivity index (χ4n) is 7.41. The number of carbonyl (C=O) groups excluding carboxylic acids is 1. The van der Waals surface area contributed by atoms with Crippen LogP contribution in [0.15, 0.2) is 70.8 Å². The molecule has 57 heavy (non-hydrogen) atoms. The van der Waals surface area contributed by atoms with Crippen molar-refractivity contribution in [2.45, 2.75) is 134 Å². The van der Waals surface area contributed by atoms with Gasteiger partial charge in [-0.1, -0.05) is 117 Å². The molecule has 0 fully saturated rings. The normalized spacial score (nSPS) is 12.6. The van der Waals surface area contributed by atoms with Gasteiger partial charge in [0.15, 0.2) is 11.4 Å². The number of hydrogen-bond donors (Lipinski definition) is 1. The van der Waals surface area contributed by atoms with Gasteiger partial charge in [-0.2, -0.15) is 0 Å². The van der Waals surface area contributed by atoms with Gasteiger partial charge in [-0.05, 0) is 92.9 Å². The van der Waals surface area contributed by atoms with E-state index in [1.165, 1.54) is 43.1 Å². The minimum atomic E-state index is -0.337. The number of thiophene rings is 1. The number of fused-ring (bicyclic) bond motifs is 3. The summed E-state index contributed by atoms with van der Waals surface area (Å²) in [4.78, 5) is 18.8. The summed E-state index contributed by atoms with van der Waals surface area (Å²) in [5.74, 6) is 1.82. The van der Waals surface area contributed by atoms with Crippen LogP contribution in [0.4, 0.5) is 0 Å². The van der Waals surface area contributed by atoms with Crippen LogP contribution < -0.4 is 0 Å². The van der Waals surface area contributed by atoms with Crippen LogP contribution in [-0.4, -0.2) is 15.9 Å². The first-order valence-electron chi connectivity index (χ1n) is 20.6. The Hall–Kier alpha value is -3.57. The van der Waals surface area contributed by atoms with Gasteiger partial charge in [-0.15, -0.1) is 40.5 Å². The van der Waals surface area contributed by atoms with Gasteiger partial charge < -0.3 is 9.52 Å². The molecule has 0 aliphatic carbocycles. The third kappa shape index (κ3) is 9.51.